The lowest BCUT2D eigenvalue weighted by molar-refractivity contribution is 0.0839. The molecule has 0 spiro atoms. The van der Waals surface area contributed by atoms with Crippen LogP contribution in [0.3, 0.4) is 0 Å². The molecule has 2 N–H and O–H groups in total. The summed E-state index contributed by atoms with van der Waals surface area (Å²) in [6.45, 7) is 7.19. The number of nitrogens with zero attached hydrogens (tertiary/aromatic N) is 1. The number of likely N-dealkylation sites (tertiary alicyclic amines) is 1. The van der Waals surface area contributed by atoms with Gasteiger partial charge in [-0.25, -0.2) is 0 Å². The van der Waals surface area contributed by atoms with Gasteiger partial charge in [0.1, 0.15) is 0 Å². The van der Waals surface area contributed by atoms with Gasteiger partial charge in [-0.1, -0.05) is 26.7 Å². The average molecular weight is 224 g/mol. The first-order valence-electron chi connectivity index (χ1n) is 7.16. The molecule has 1 unspecified atom stereocenters. The minimum absolute atomic E-state index is 0.376. The van der Waals surface area contributed by atoms with Crippen molar-refractivity contribution >= 4 is 0 Å². The van der Waals surface area contributed by atoms with E-state index in [1.54, 1.807) is 0 Å². The monoisotopic (exact) mass is 224 g/mol. The van der Waals surface area contributed by atoms with Gasteiger partial charge in [0.15, 0.2) is 0 Å². The Morgan fingerprint density at radius 3 is 2.12 bits per heavy atom. The Kier molecular flexibility index (Phi) is 3.91. The van der Waals surface area contributed by atoms with Crippen LogP contribution >= 0.6 is 0 Å². The highest BCUT2D eigenvalue weighted by atomic mass is 15.2. The average Bonchev–Trinajstić information content (AvgIpc) is 2.88. The van der Waals surface area contributed by atoms with Gasteiger partial charge in [-0.15, -0.1) is 0 Å². The molecule has 16 heavy (non-hydrogen) atoms. The van der Waals surface area contributed by atoms with Crippen molar-refractivity contribution in [3.8, 4) is 0 Å². The predicted molar refractivity (Wildman–Crippen MR) is 69.4 cm³/mol. The molecule has 1 atom stereocenters. The molecule has 1 heterocycles. The third-order valence-corrected chi connectivity index (χ3v) is 4.62. The van der Waals surface area contributed by atoms with Crippen LogP contribution in [-0.2, 0) is 0 Å². The summed E-state index contributed by atoms with van der Waals surface area (Å²) >= 11 is 0. The van der Waals surface area contributed by atoms with Crippen LogP contribution in [0.2, 0.25) is 0 Å². The third kappa shape index (κ3) is 2.28. The molecule has 2 aliphatic rings. The molecular formula is C14H28N2. The Morgan fingerprint density at radius 1 is 1.06 bits per heavy atom. The SMILES string of the molecule is CC(C)CC(N)C1(N2CCCC2)CCCC1. The lowest BCUT2D eigenvalue weighted by atomic mass is 9.82. The second-order valence-electron chi connectivity index (χ2n) is 6.24. The Balaban J connectivity index is 2.07. The molecule has 2 fully saturated rings. The molecule has 1 saturated heterocycles. The molecule has 0 aromatic carbocycles. The van der Waals surface area contributed by atoms with Gasteiger partial charge in [-0.05, 0) is 51.1 Å². The van der Waals surface area contributed by atoms with Crippen molar-refractivity contribution in [2.24, 2.45) is 11.7 Å². The third-order valence-electron chi connectivity index (χ3n) is 4.62. The Labute approximate surface area is 101 Å². The number of nitrogens with two attached hydrogens (primary N) is 1. The van der Waals surface area contributed by atoms with Crippen LogP contribution in [0.15, 0.2) is 0 Å². The van der Waals surface area contributed by atoms with Gasteiger partial charge in [-0.2, -0.15) is 0 Å². The van der Waals surface area contributed by atoms with Crippen LogP contribution in [0.5, 0.6) is 0 Å². The van der Waals surface area contributed by atoms with Gasteiger partial charge in [0.25, 0.3) is 0 Å². The summed E-state index contributed by atoms with van der Waals surface area (Å²) < 4.78 is 0. The molecule has 2 heteroatoms. The zero-order valence-corrected chi connectivity index (χ0v) is 11.0. The van der Waals surface area contributed by atoms with Gasteiger partial charge >= 0.3 is 0 Å². The lowest BCUT2D eigenvalue weighted by Crippen LogP contribution is -2.57. The van der Waals surface area contributed by atoms with Crippen molar-refractivity contribution < 1.29 is 0 Å². The molecular weight excluding hydrogens is 196 g/mol. The first kappa shape index (κ1) is 12.4. The summed E-state index contributed by atoms with van der Waals surface area (Å²) in [4.78, 5) is 2.73. The Hall–Kier alpha value is -0.0800. The maximum Gasteiger partial charge on any atom is 0.0360 e. The van der Waals surface area contributed by atoms with Gasteiger partial charge in [0, 0.05) is 11.6 Å². The van der Waals surface area contributed by atoms with Crippen molar-refractivity contribution in [2.45, 2.75) is 70.4 Å². The van der Waals surface area contributed by atoms with E-state index in [2.05, 4.69) is 18.7 Å². The zero-order valence-electron chi connectivity index (χ0n) is 11.0. The largest absolute Gasteiger partial charge is 0.326 e. The zero-order chi connectivity index (χ0) is 11.6. The Bertz CT molecular complexity index is 213. The minimum Gasteiger partial charge on any atom is -0.326 e. The van der Waals surface area contributed by atoms with E-state index in [1.165, 1.54) is 58.0 Å². The molecule has 0 aromatic heterocycles. The van der Waals surface area contributed by atoms with E-state index in [4.69, 9.17) is 5.73 Å². The first-order chi connectivity index (χ1) is 7.65. The van der Waals surface area contributed by atoms with Crippen LogP contribution in [0, 0.1) is 5.92 Å². The topological polar surface area (TPSA) is 29.3 Å². The van der Waals surface area contributed by atoms with Crippen LogP contribution < -0.4 is 5.73 Å². The van der Waals surface area contributed by atoms with E-state index in [0.717, 1.165) is 5.92 Å². The van der Waals surface area contributed by atoms with Gasteiger partial charge in [0.2, 0.25) is 0 Å². The van der Waals surface area contributed by atoms with Gasteiger partial charge < -0.3 is 5.73 Å². The molecule has 1 aliphatic heterocycles. The fraction of sp³-hybridized carbons (Fsp3) is 1.00. The van der Waals surface area contributed by atoms with Crippen molar-refractivity contribution in [3.05, 3.63) is 0 Å². The second kappa shape index (κ2) is 5.05. The van der Waals surface area contributed by atoms with E-state index >= 15 is 0 Å². The summed E-state index contributed by atoms with van der Waals surface area (Å²) in [6, 6.07) is 0.396. The molecule has 0 amide bonds. The molecule has 1 aliphatic carbocycles. The summed E-state index contributed by atoms with van der Waals surface area (Å²) in [5, 5.41) is 0. The van der Waals surface area contributed by atoms with Gasteiger partial charge in [0.05, 0.1) is 0 Å². The molecule has 1 saturated carbocycles. The highest BCUT2D eigenvalue weighted by Gasteiger charge is 2.44. The van der Waals surface area contributed by atoms with Crippen molar-refractivity contribution in [3.63, 3.8) is 0 Å². The molecule has 0 bridgehead atoms. The van der Waals surface area contributed by atoms with Crippen LogP contribution in [0.25, 0.3) is 0 Å². The minimum atomic E-state index is 0.376. The summed E-state index contributed by atoms with van der Waals surface area (Å²) in [5.74, 6) is 0.732. The van der Waals surface area contributed by atoms with E-state index in [9.17, 15) is 0 Å². The van der Waals surface area contributed by atoms with E-state index < -0.39 is 0 Å². The van der Waals surface area contributed by atoms with E-state index in [-0.39, 0.29) is 0 Å². The maximum atomic E-state index is 6.55. The lowest BCUT2D eigenvalue weighted by Gasteiger charge is -2.44. The molecule has 2 nitrogen and oxygen atoms in total. The summed E-state index contributed by atoms with van der Waals surface area (Å²) in [5.41, 5.74) is 6.93. The number of rotatable bonds is 4. The van der Waals surface area contributed by atoms with Crippen molar-refractivity contribution in [1.29, 1.82) is 0 Å². The van der Waals surface area contributed by atoms with E-state index in [1.807, 2.05) is 0 Å². The number of hydrogen-bond donors (Lipinski definition) is 1. The Morgan fingerprint density at radius 2 is 1.62 bits per heavy atom. The van der Waals surface area contributed by atoms with Crippen LogP contribution in [0.1, 0.15) is 58.8 Å². The standard InChI is InChI=1S/C14H28N2/c1-12(2)11-13(15)14(7-3-4-8-14)16-9-5-6-10-16/h12-13H,3-11,15H2,1-2H3. The van der Waals surface area contributed by atoms with Crippen LogP contribution in [0.4, 0.5) is 0 Å². The van der Waals surface area contributed by atoms with Crippen LogP contribution in [-0.4, -0.2) is 29.6 Å². The molecule has 0 radical (unpaired) electrons. The molecule has 94 valence electrons. The molecule has 2 rings (SSSR count). The predicted octanol–water partition coefficient (Wildman–Crippen LogP) is 2.77. The highest BCUT2D eigenvalue weighted by molar-refractivity contribution is 5.03. The summed E-state index contributed by atoms with van der Waals surface area (Å²) in [7, 11) is 0. The highest BCUT2D eigenvalue weighted by Crippen LogP contribution is 2.40. The van der Waals surface area contributed by atoms with Crippen molar-refractivity contribution in [2.75, 3.05) is 13.1 Å². The fourth-order valence-corrected chi connectivity index (χ4v) is 3.80. The van der Waals surface area contributed by atoms with Crippen molar-refractivity contribution in [1.82, 2.24) is 4.90 Å². The summed E-state index contributed by atoms with van der Waals surface area (Å²) in [6.07, 6.45) is 9.44. The normalized spacial score (nSPS) is 27.8. The quantitative estimate of drug-likeness (QED) is 0.795. The molecule has 0 aromatic rings. The smallest absolute Gasteiger partial charge is 0.0360 e. The first-order valence-corrected chi connectivity index (χ1v) is 7.16. The number of hydrogen-bond acceptors (Lipinski definition) is 2. The maximum absolute atomic E-state index is 6.55. The van der Waals surface area contributed by atoms with E-state index in [0.29, 0.717) is 11.6 Å². The fourth-order valence-electron chi connectivity index (χ4n) is 3.80. The van der Waals surface area contributed by atoms with Gasteiger partial charge in [-0.3, -0.25) is 4.90 Å². The second-order valence-corrected chi connectivity index (χ2v) is 6.24.